The van der Waals surface area contributed by atoms with Crippen molar-refractivity contribution in [2.75, 3.05) is 19.5 Å². The Hall–Kier alpha value is -2.76. The summed E-state index contributed by atoms with van der Waals surface area (Å²) >= 11 is 0. The number of rotatable bonds is 2. The zero-order valence-corrected chi connectivity index (χ0v) is 18.8. The van der Waals surface area contributed by atoms with Crippen LogP contribution in [0.5, 0.6) is 0 Å². The number of hydrogen-bond donors (Lipinski definition) is 2. The molecular formula is C19H30F4N4O4. The second-order valence-corrected chi connectivity index (χ2v) is 8.43. The van der Waals surface area contributed by atoms with Crippen molar-refractivity contribution in [2.45, 2.75) is 58.9 Å². The summed E-state index contributed by atoms with van der Waals surface area (Å²) in [5.41, 5.74) is -0.515. The molecule has 31 heavy (non-hydrogen) atoms. The standard InChI is InChI=1S/C13H16F4N2O2.C6H14N2O2/c1-12(2,3)21-11(20)19(4)18-10-7-8(13(15,16)17)5-6-9(10)14;1-6(2,3)10-5(9)8(4)7/h5-7,18H,1-4H3;7H2,1-4H3. The smallest absolute Gasteiger partial charge is 0.428 e. The van der Waals surface area contributed by atoms with Crippen molar-refractivity contribution in [3.05, 3.63) is 29.6 Å². The van der Waals surface area contributed by atoms with Crippen molar-refractivity contribution in [1.82, 2.24) is 10.0 Å². The molecule has 3 N–H and O–H groups in total. The van der Waals surface area contributed by atoms with E-state index in [0.717, 1.165) is 10.0 Å². The predicted octanol–water partition coefficient (Wildman–Crippen LogP) is 4.77. The third kappa shape index (κ3) is 11.9. The molecule has 0 bridgehead atoms. The molecule has 0 aliphatic carbocycles. The van der Waals surface area contributed by atoms with Crippen molar-refractivity contribution < 1.29 is 36.6 Å². The molecule has 0 heterocycles. The number of alkyl halides is 3. The molecule has 1 rings (SSSR count). The maximum absolute atomic E-state index is 13.5. The van der Waals surface area contributed by atoms with Gasteiger partial charge in [-0.3, -0.25) is 5.43 Å². The highest BCUT2D eigenvalue weighted by Crippen LogP contribution is 2.31. The van der Waals surface area contributed by atoms with E-state index in [-0.39, 0.29) is 0 Å². The SMILES string of the molecule is CN(N)C(=O)OC(C)(C)C.CN(Nc1cc(C(F)(F)F)ccc1F)C(=O)OC(C)(C)C. The van der Waals surface area contributed by atoms with E-state index in [4.69, 9.17) is 15.3 Å². The number of nitrogens with one attached hydrogen (secondary N) is 1. The molecule has 0 saturated heterocycles. The van der Waals surface area contributed by atoms with E-state index in [2.05, 4.69) is 5.43 Å². The van der Waals surface area contributed by atoms with E-state index in [0.29, 0.717) is 18.2 Å². The Bertz CT molecular complexity index is 757. The monoisotopic (exact) mass is 454 g/mol. The molecule has 1 aromatic rings. The van der Waals surface area contributed by atoms with E-state index < -0.39 is 46.6 Å². The van der Waals surface area contributed by atoms with Crippen LogP contribution in [0.3, 0.4) is 0 Å². The third-order valence-electron chi connectivity index (χ3n) is 2.93. The van der Waals surface area contributed by atoms with Crippen molar-refractivity contribution in [2.24, 2.45) is 5.84 Å². The quantitative estimate of drug-likeness (QED) is 0.289. The average Bonchev–Trinajstić information content (AvgIpc) is 2.53. The van der Waals surface area contributed by atoms with Crippen LogP contribution in [0.1, 0.15) is 47.1 Å². The summed E-state index contributed by atoms with van der Waals surface area (Å²) in [7, 11) is 2.65. The minimum atomic E-state index is -4.60. The Morgan fingerprint density at radius 2 is 1.39 bits per heavy atom. The summed E-state index contributed by atoms with van der Waals surface area (Å²) in [4.78, 5) is 22.4. The van der Waals surface area contributed by atoms with Gasteiger partial charge in [0.05, 0.1) is 11.3 Å². The number of carbonyl (C=O) groups is 2. The topological polar surface area (TPSA) is 97.1 Å². The average molecular weight is 454 g/mol. The second-order valence-electron chi connectivity index (χ2n) is 8.43. The van der Waals surface area contributed by atoms with Gasteiger partial charge < -0.3 is 9.47 Å². The molecule has 0 unspecified atom stereocenters. The van der Waals surface area contributed by atoms with Gasteiger partial charge in [-0.05, 0) is 59.7 Å². The number of nitrogens with zero attached hydrogens (tertiary/aromatic N) is 2. The predicted molar refractivity (Wildman–Crippen MR) is 107 cm³/mol. The highest BCUT2D eigenvalue weighted by molar-refractivity contribution is 5.70. The molecule has 178 valence electrons. The first-order valence-electron chi connectivity index (χ1n) is 9.04. The van der Waals surface area contributed by atoms with Gasteiger partial charge in [0.2, 0.25) is 0 Å². The first-order chi connectivity index (χ1) is 13.7. The Balaban J connectivity index is 0.000000759. The molecule has 8 nitrogen and oxygen atoms in total. The van der Waals surface area contributed by atoms with Gasteiger partial charge in [-0.25, -0.2) is 29.8 Å². The van der Waals surface area contributed by atoms with Crippen LogP contribution in [0.4, 0.5) is 32.8 Å². The molecule has 0 saturated carbocycles. The molecule has 0 aliphatic heterocycles. The number of carbonyl (C=O) groups excluding carboxylic acids is 2. The summed E-state index contributed by atoms with van der Waals surface area (Å²) in [6, 6.07) is 1.87. The van der Waals surface area contributed by atoms with Crippen molar-refractivity contribution >= 4 is 17.9 Å². The van der Waals surface area contributed by atoms with Crippen LogP contribution in [0.2, 0.25) is 0 Å². The first-order valence-corrected chi connectivity index (χ1v) is 9.04. The first kappa shape index (κ1) is 28.2. The minimum Gasteiger partial charge on any atom is -0.443 e. The molecular weight excluding hydrogens is 424 g/mol. The summed E-state index contributed by atoms with van der Waals surface area (Å²) in [6.45, 7) is 10.2. The third-order valence-corrected chi connectivity index (χ3v) is 2.93. The lowest BCUT2D eigenvalue weighted by molar-refractivity contribution is -0.137. The van der Waals surface area contributed by atoms with E-state index >= 15 is 0 Å². The molecule has 0 aliphatic rings. The molecule has 0 aromatic heterocycles. The largest absolute Gasteiger partial charge is 0.443 e. The van der Waals surface area contributed by atoms with E-state index in [1.165, 1.54) is 14.1 Å². The lowest BCUT2D eigenvalue weighted by atomic mass is 10.2. The highest BCUT2D eigenvalue weighted by atomic mass is 19.4. The van der Waals surface area contributed by atoms with Gasteiger partial charge in [-0.2, -0.15) is 13.2 Å². The van der Waals surface area contributed by atoms with Crippen molar-refractivity contribution in [3.63, 3.8) is 0 Å². The summed E-state index contributed by atoms with van der Waals surface area (Å²) in [6.07, 6.45) is -5.97. The fraction of sp³-hybridized carbons (Fsp3) is 0.579. The molecule has 2 amide bonds. The van der Waals surface area contributed by atoms with Crippen LogP contribution in [0.15, 0.2) is 18.2 Å². The zero-order chi connectivity index (χ0) is 24.8. The fourth-order valence-electron chi connectivity index (χ4n) is 1.68. The van der Waals surface area contributed by atoms with E-state index in [9.17, 15) is 27.2 Å². The second kappa shape index (κ2) is 10.5. The number of hydrogen-bond acceptors (Lipinski definition) is 6. The molecule has 0 fully saturated rings. The van der Waals surface area contributed by atoms with Crippen molar-refractivity contribution in [3.8, 4) is 0 Å². The van der Waals surface area contributed by atoms with Crippen molar-refractivity contribution in [1.29, 1.82) is 0 Å². The number of benzene rings is 1. The highest BCUT2D eigenvalue weighted by Gasteiger charge is 2.31. The molecule has 0 atom stereocenters. The minimum absolute atomic E-state index is 0.468. The number of amides is 2. The zero-order valence-electron chi connectivity index (χ0n) is 18.8. The Kier molecular flexibility index (Phi) is 9.58. The van der Waals surface area contributed by atoms with Gasteiger partial charge in [0.1, 0.15) is 17.0 Å². The van der Waals surface area contributed by atoms with Crippen LogP contribution < -0.4 is 11.3 Å². The van der Waals surface area contributed by atoms with Gasteiger partial charge in [-0.15, -0.1) is 0 Å². The van der Waals surface area contributed by atoms with Crippen LogP contribution >= 0.6 is 0 Å². The van der Waals surface area contributed by atoms with Crippen LogP contribution in [0, 0.1) is 5.82 Å². The Morgan fingerprint density at radius 3 is 1.74 bits per heavy atom. The van der Waals surface area contributed by atoms with Gasteiger partial charge in [-0.1, -0.05) is 0 Å². The van der Waals surface area contributed by atoms with Crippen LogP contribution in [-0.2, 0) is 15.7 Å². The number of nitrogens with two attached hydrogens (primary N) is 1. The van der Waals surface area contributed by atoms with Gasteiger partial charge in [0.25, 0.3) is 0 Å². The van der Waals surface area contributed by atoms with Crippen LogP contribution in [-0.4, -0.2) is 47.5 Å². The lowest BCUT2D eigenvalue weighted by Gasteiger charge is -2.25. The van der Waals surface area contributed by atoms with E-state index in [1.54, 1.807) is 41.5 Å². The van der Waals surface area contributed by atoms with Gasteiger partial charge >= 0.3 is 18.4 Å². The molecule has 0 radical (unpaired) electrons. The Morgan fingerprint density at radius 1 is 0.935 bits per heavy atom. The van der Waals surface area contributed by atoms with Gasteiger partial charge in [0, 0.05) is 14.1 Å². The number of anilines is 1. The lowest BCUT2D eigenvalue weighted by Crippen LogP contribution is -2.38. The number of hydrazine groups is 2. The Labute approximate surface area is 179 Å². The molecule has 1 aromatic carbocycles. The maximum Gasteiger partial charge on any atom is 0.428 e. The summed E-state index contributed by atoms with van der Waals surface area (Å²) < 4.78 is 61.0. The summed E-state index contributed by atoms with van der Waals surface area (Å²) in [5, 5.41) is 1.68. The fourth-order valence-corrected chi connectivity index (χ4v) is 1.68. The maximum atomic E-state index is 13.5. The number of halogens is 4. The molecule has 0 spiro atoms. The number of ether oxygens (including phenoxy) is 2. The van der Waals surface area contributed by atoms with Gasteiger partial charge in [0.15, 0.2) is 0 Å². The summed E-state index contributed by atoms with van der Waals surface area (Å²) in [5.74, 6) is 4.18. The van der Waals surface area contributed by atoms with E-state index in [1.807, 2.05) is 0 Å². The normalized spacial score (nSPS) is 11.6. The molecule has 12 heteroatoms. The van der Waals surface area contributed by atoms with Crippen LogP contribution in [0.25, 0.3) is 0 Å².